The Balaban J connectivity index is 2.11. The third kappa shape index (κ3) is 2.17. The van der Waals surface area contributed by atoms with Crippen LogP contribution in [0.3, 0.4) is 0 Å². The van der Waals surface area contributed by atoms with Crippen molar-refractivity contribution >= 4 is 22.5 Å². The molecule has 0 saturated carbocycles. The molecule has 0 bridgehead atoms. The van der Waals surface area contributed by atoms with Crippen LogP contribution in [0.4, 0.5) is 15.9 Å². The standard InChI is InChI=1S/C16H14FN5/c1-10-4-11(7-18)5-12(17)16(10)22(3)15-6-14-13(8-19-15)20-9-21(14)2/h4-6,8-9H,1-3H3. The molecule has 2 aromatic heterocycles. The topological polar surface area (TPSA) is 57.7 Å². The molecule has 0 saturated heterocycles. The third-order valence-electron chi connectivity index (χ3n) is 3.66. The number of hydrogen-bond donors (Lipinski definition) is 0. The molecule has 5 nitrogen and oxygen atoms in total. The van der Waals surface area contributed by atoms with Crippen molar-refractivity contribution in [3.05, 3.63) is 47.7 Å². The number of hydrogen-bond acceptors (Lipinski definition) is 4. The zero-order valence-corrected chi connectivity index (χ0v) is 12.5. The largest absolute Gasteiger partial charge is 0.334 e. The Morgan fingerprint density at radius 2 is 2.05 bits per heavy atom. The second-order valence-electron chi connectivity index (χ2n) is 5.18. The molecule has 0 radical (unpaired) electrons. The van der Waals surface area contributed by atoms with Gasteiger partial charge in [-0.3, -0.25) is 0 Å². The summed E-state index contributed by atoms with van der Waals surface area (Å²) in [6.45, 7) is 1.78. The lowest BCUT2D eigenvalue weighted by Crippen LogP contribution is -2.14. The van der Waals surface area contributed by atoms with Crippen molar-refractivity contribution in [3.63, 3.8) is 0 Å². The van der Waals surface area contributed by atoms with E-state index in [1.165, 1.54) is 6.07 Å². The number of nitrogens with zero attached hydrogens (tertiary/aromatic N) is 5. The maximum atomic E-state index is 14.3. The van der Waals surface area contributed by atoms with Gasteiger partial charge in [-0.15, -0.1) is 0 Å². The van der Waals surface area contributed by atoms with E-state index in [1.54, 1.807) is 37.5 Å². The summed E-state index contributed by atoms with van der Waals surface area (Å²) in [5, 5.41) is 8.91. The van der Waals surface area contributed by atoms with Gasteiger partial charge in [-0.05, 0) is 24.6 Å². The fraction of sp³-hybridized carbons (Fsp3) is 0.188. The summed E-state index contributed by atoms with van der Waals surface area (Å²) in [5.41, 5.74) is 3.11. The van der Waals surface area contributed by atoms with Gasteiger partial charge in [-0.25, -0.2) is 14.4 Å². The van der Waals surface area contributed by atoms with Gasteiger partial charge in [0.1, 0.15) is 17.2 Å². The molecule has 0 atom stereocenters. The summed E-state index contributed by atoms with van der Waals surface area (Å²) in [7, 11) is 3.65. The van der Waals surface area contributed by atoms with Crippen molar-refractivity contribution in [1.29, 1.82) is 5.26 Å². The highest BCUT2D eigenvalue weighted by Gasteiger charge is 2.16. The van der Waals surface area contributed by atoms with Crippen LogP contribution in [0, 0.1) is 24.1 Å². The Morgan fingerprint density at radius 1 is 1.27 bits per heavy atom. The number of halogens is 1. The second-order valence-corrected chi connectivity index (χ2v) is 5.18. The van der Waals surface area contributed by atoms with Crippen molar-refractivity contribution in [2.24, 2.45) is 7.05 Å². The zero-order chi connectivity index (χ0) is 15.9. The minimum atomic E-state index is -0.439. The molecule has 3 rings (SSSR count). The summed E-state index contributed by atoms with van der Waals surface area (Å²) < 4.78 is 16.2. The molecular formula is C16H14FN5. The first kappa shape index (κ1) is 14.0. The fourth-order valence-corrected chi connectivity index (χ4v) is 2.54. The Hall–Kier alpha value is -2.94. The fourth-order valence-electron chi connectivity index (χ4n) is 2.54. The molecule has 6 heteroatoms. The van der Waals surface area contributed by atoms with Gasteiger partial charge in [-0.1, -0.05) is 0 Å². The zero-order valence-electron chi connectivity index (χ0n) is 12.5. The van der Waals surface area contributed by atoms with E-state index in [4.69, 9.17) is 5.26 Å². The average Bonchev–Trinajstić information content (AvgIpc) is 2.87. The highest BCUT2D eigenvalue weighted by atomic mass is 19.1. The molecule has 2 heterocycles. The number of nitriles is 1. The van der Waals surface area contributed by atoms with Crippen LogP contribution in [-0.4, -0.2) is 21.6 Å². The lowest BCUT2D eigenvalue weighted by molar-refractivity contribution is 0.625. The predicted molar refractivity (Wildman–Crippen MR) is 82.4 cm³/mol. The van der Waals surface area contributed by atoms with Gasteiger partial charge in [0.05, 0.1) is 35.4 Å². The van der Waals surface area contributed by atoms with E-state index in [-0.39, 0.29) is 0 Å². The van der Waals surface area contributed by atoms with Crippen molar-refractivity contribution in [3.8, 4) is 6.07 Å². The van der Waals surface area contributed by atoms with Crippen molar-refractivity contribution in [1.82, 2.24) is 14.5 Å². The molecule has 110 valence electrons. The van der Waals surface area contributed by atoms with Gasteiger partial charge in [-0.2, -0.15) is 5.26 Å². The van der Waals surface area contributed by atoms with Crippen LogP contribution < -0.4 is 4.90 Å². The summed E-state index contributed by atoms with van der Waals surface area (Å²) in [4.78, 5) is 10.2. The Labute approximate surface area is 127 Å². The molecule has 22 heavy (non-hydrogen) atoms. The van der Waals surface area contributed by atoms with E-state index in [9.17, 15) is 4.39 Å². The van der Waals surface area contributed by atoms with Gasteiger partial charge in [0.15, 0.2) is 0 Å². The smallest absolute Gasteiger partial charge is 0.148 e. The molecule has 0 aliphatic carbocycles. The Morgan fingerprint density at radius 3 is 2.73 bits per heavy atom. The molecule has 0 aliphatic heterocycles. The van der Waals surface area contributed by atoms with Crippen LogP contribution in [0.1, 0.15) is 11.1 Å². The first-order valence-corrected chi connectivity index (χ1v) is 6.72. The van der Waals surface area contributed by atoms with Gasteiger partial charge < -0.3 is 9.47 Å². The van der Waals surface area contributed by atoms with E-state index in [1.807, 2.05) is 23.8 Å². The van der Waals surface area contributed by atoms with Gasteiger partial charge in [0, 0.05) is 20.2 Å². The first-order chi connectivity index (χ1) is 10.5. The number of aromatic nitrogens is 3. The SMILES string of the molecule is Cc1cc(C#N)cc(F)c1N(C)c1cc2c(cn1)ncn2C. The molecule has 0 amide bonds. The lowest BCUT2D eigenvalue weighted by Gasteiger charge is -2.21. The van der Waals surface area contributed by atoms with E-state index in [0.29, 0.717) is 22.6 Å². The minimum Gasteiger partial charge on any atom is -0.334 e. The number of rotatable bonds is 2. The quantitative estimate of drug-likeness (QED) is 0.729. The first-order valence-electron chi connectivity index (χ1n) is 6.72. The molecule has 1 aromatic carbocycles. The van der Waals surface area contributed by atoms with E-state index >= 15 is 0 Å². The van der Waals surface area contributed by atoms with Crippen LogP contribution >= 0.6 is 0 Å². The number of pyridine rings is 1. The second kappa shape index (κ2) is 5.11. The Bertz CT molecular complexity index is 884. The monoisotopic (exact) mass is 295 g/mol. The highest BCUT2D eigenvalue weighted by molar-refractivity contribution is 5.79. The number of fused-ring (bicyclic) bond motifs is 1. The minimum absolute atomic E-state index is 0.308. The van der Waals surface area contributed by atoms with Crippen molar-refractivity contribution in [2.45, 2.75) is 6.92 Å². The number of aryl methyl sites for hydroxylation is 2. The molecule has 0 spiro atoms. The number of benzene rings is 1. The van der Waals surface area contributed by atoms with E-state index in [0.717, 1.165) is 11.0 Å². The average molecular weight is 295 g/mol. The number of imidazole rings is 1. The maximum Gasteiger partial charge on any atom is 0.148 e. The molecular weight excluding hydrogens is 281 g/mol. The van der Waals surface area contributed by atoms with Crippen LogP contribution in [0.5, 0.6) is 0 Å². The highest BCUT2D eigenvalue weighted by Crippen LogP contribution is 2.30. The maximum absolute atomic E-state index is 14.3. The summed E-state index contributed by atoms with van der Waals surface area (Å²) in [5.74, 6) is 0.175. The van der Waals surface area contributed by atoms with Gasteiger partial charge in [0.25, 0.3) is 0 Å². The van der Waals surface area contributed by atoms with Crippen LogP contribution in [0.25, 0.3) is 11.0 Å². The van der Waals surface area contributed by atoms with E-state index < -0.39 is 5.82 Å². The van der Waals surface area contributed by atoms with Crippen LogP contribution in [0.2, 0.25) is 0 Å². The molecule has 0 unspecified atom stereocenters. The van der Waals surface area contributed by atoms with Crippen LogP contribution in [-0.2, 0) is 7.05 Å². The van der Waals surface area contributed by atoms with Gasteiger partial charge in [0.2, 0.25) is 0 Å². The predicted octanol–water partition coefficient (Wildman–Crippen LogP) is 3.06. The van der Waals surface area contributed by atoms with Crippen molar-refractivity contribution < 1.29 is 4.39 Å². The summed E-state index contributed by atoms with van der Waals surface area (Å²) in [6.07, 6.45) is 3.38. The molecule has 3 aromatic rings. The normalized spacial score (nSPS) is 10.7. The van der Waals surface area contributed by atoms with Crippen molar-refractivity contribution in [2.75, 3.05) is 11.9 Å². The number of anilines is 2. The summed E-state index contributed by atoms with van der Waals surface area (Å²) >= 11 is 0. The van der Waals surface area contributed by atoms with Gasteiger partial charge >= 0.3 is 0 Å². The van der Waals surface area contributed by atoms with Crippen LogP contribution in [0.15, 0.2) is 30.7 Å². The van der Waals surface area contributed by atoms with E-state index in [2.05, 4.69) is 9.97 Å². The third-order valence-corrected chi connectivity index (χ3v) is 3.66. The molecule has 0 fully saturated rings. The summed E-state index contributed by atoms with van der Waals surface area (Å²) in [6, 6.07) is 6.72. The molecule has 0 aliphatic rings. The lowest BCUT2D eigenvalue weighted by atomic mass is 10.1. The Kier molecular flexibility index (Phi) is 3.26. The molecule has 0 N–H and O–H groups in total.